The summed E-state index contributed by atoms with van der Waals surface area (Å²) in [5, 5.41) is 10.6. The normalized spacial score (nSPS) is 18.4. The van der Waals surface area contributed by atoms with Crippen molar-refractivity contribution in [3.8, 4) is 23.1 Å². The fraction of sp³-hybridized carbons (Fsp3) is 0.500. The van der Waals surface area contributed by atoms with Gasteiger partial charge in [0.1, 0.15) is 29.4 Å². The SMILES string of the molecule is CNC(=O)N[C@H](C(=O)N1CCC[C@H]1c1ncc(C#Cc2ccc(-c3cnc([C@@H]4CCCN4C(=O)[C@@H](NC(=O)NC)C(C)C)[nH]3)cc2)[nH]1)C(C)C. The number of likely N-dealkylation sites (tertiary alicyclic amines) is 2. The summed E-state index contributed by atoms with van der Waals surface area (Å²) < 4.78 is 0. The van der Waals surface area contributed by atoms with Gasteiger partial charge in [-0.05, 0) is 61.1 Å². The number of imidazole rings is 2. The Kier molecular flexibility index (Phi) is 11.5. The molecule has 4 atom stereocenters. The van der Waals surface area contributed by atoms with Gasteiger partial charge in [0.05, 0.1) is 30.2 Å². The molecule has 14 heteroatoms. The Morgan fingerprint density at radius 2 is 1.24 bits per heavy atom. The van der Waals surface area contributed by atoms with Gasteiger partial charge in [-0.25, -0.2) is 19.6 Å². The number of aromatic nitrogens is 4. The van der Waals surface area contributed by atoms with Crippen LogP contribution in [0.15, 0.2) is 36.7 Å². The molecule has 0 saturated carbocycles. The molecule has 50 heavy (non-hydrogen) atoms. The number of nitrogens with zero attached hydrogens (tertiary/aromatic N) is 4. The van der Waals surface area contributed by atoms with E-state index in [4.69, 9.17) is 0 Å². The van der Waals surface area contributed by atoms with Crippen molar-refractivity contribution in [2.45, 2.75) is 77.5 Å². The molecule has 2 fully saturated rings. The Hall–Kier alpha value is -5.32. The highest BCUT2D eigenvalue weighted by Gasteiger charge is 2.38. The van der Waals surface area contributed by atoms with E-state index in [0.717, 1.165) is 48.3 Å². The summed E-state index contributed by atoms with van der Waals surface area (Å²) in [5.41, 5.74) is 3.23. The van der Waals surface area contributed by atoms with E-state index < -0.39 is 12.1 Å². The third-order valence-corrected chi connectivity index (χ3v) is 9.32. The fourth-order valence-electron chi connectivity index (χ4n) is 6.54. The monoisotopic (exact) mass is 684 g/mol. The number of hydrogen-bond donors (Lipinski definition) is 6. The lowest BCUT2D eigenvalue weighted by Gasteiger charge is -2.30. The number of urea groups is 2. The van der Waals surface area contributed by atoms with Gasteiger partial charge in [-0.3, -0.25) is 9.59 Å². The van der Waals surface area contributed by atoms with Crippen LogP contribution in [0.5, 0.6) is 0 Å². The first-order chi connectivity index (χ1) is 24.0. The lowest BCUT2D eigenvalue weighted by atomic mass is 10.0. The van der Waals surface area contributed by atoms with Crippen LogP contribution in [0.25, 0.3) is 11.3 Å². The molecule has 6 N–H and O–H groups in total. The molecule has 5 rings (SSSR count). The van der Waals surface area contributed by atoms with Crippen molar-refractivity contribution in [2.24, 2.45) is 11.8 Å². The molecule has 0 spiro atoms. The van der Waals surface area contributed by atoms with Gasteiger partial charge in [-0.15, -0.1) is 0 Å². The highest BCUT2D eigenvalue weighted by molar-refractivity contribution is 5.88. The molecule has 2 aromatic heterocycles. The summed E-state index contributed by atoms with van der Waals surface area (Å²) in [6, 6.07) is 5.38. The largest absolute Gasteiger partial charge is 0.341 e. The van der Waals surface area contributed by atoms with Gasteiger partial charge in [0.2, 0.25) is 11.8 Å². The van der Waals surface area contributed by atoms with Crippen LogP contribution in [-0.2, 0) is 9.59 Å². The quantitative estimate of drug-likeness (QED) is 0.188. The smallest absolute Gasteiger partial charge is 0.315 e. The summed E-state index contributed by atoms with van der Waals surface area (Å²) in [6.07, 6.45) is 6.72. The van der Waals surface area contributed by atoms with E-state index in [9.17, 15) is 19.2 Å². The number of carbonyl (C=O) groups is 4. The van der Waals surface area contributed by atoms with Gasteiger partial charge in [-0.1, -0.05) is 45.7 Å². The zero-order chi connectivity index (χ0) is 35.9. The van der Waals surface area contributed by atoms with E-state index in [1.165, 1.54) is 14.1 Å². The Bertz CT molecular complexity index is 1730. The van der Waals surface area contributed by atoms with E-state index in [1.54, 1.807) is 17.3 Å². The Morgan fingerprint density at radius 3 is 1.74 bits per heavy atom. The topological polar surface area (TPSA) is 180 Å². The van der Waals surface area contributed by atoms with Gasteiger partial charge in [0.25, 0.3) is 0 Å². The minimum Gasteiger partial charge on any atom is -0.341 e. The molecule has 0 bridgehead atoms. The van der Waals surface area contributed by atoms with Crippen molar-refractivity contribution in [1.29, 1.82) is 0 Å². The van der Waals surface area contributed by atoms with Gasteiger partial charge in [-0.2, -0.15) is 0 Å². The molecule has 3 aromatic rings. The number of rotatable bonds is 9. The van der Waals surface area contributed by atoms with E-state index in [-0.39, 0.29) is 47.8 Å². The van der Waals surface area contributed by atoms with Crippen LogP contribution in [-0.4, -0.2) is 92.9 Å². The van der Waals surface area contributed by atoms with Crippen molar-refractivity contribution >= 4 is 23.9 Å². The van der Waals surface area contributed by atoms with Crippen LogP contribution in [0, 0.1) is 23.7 Å². The molecule has 0 aliphatic carbocycles. The van der Waals surface area contributed by atoms with Crippen LogP contribution in [0.2, 0.25) is 0 Å². The third-order valence-electron chi connectivity index (χ3n) is 9.32. The number of aromatic amines is 2. The molecule has 0 radical (unpaired) electrons. The predicted molar refractivity (Wildman–Crippen MR) is 188 cm³/mol. The molecule has 266 valence electrons. The van der Waals surface area contributed by atoms with Crippen molar-refractivity contribution in [3.63, 3.8) is 0 Å². The molecule has 14 nitrogen and oxygen atoms in total. The Labute approximate surface area is 293 Å². The standard InChI is InChI=1S/C36H48N10O4/c1-21(2)29(43-35(49)37-5)33(47)45-17-7-9-27(45)31-39-19-25(41-31)16-13-23-11-14-24(15-12-23)26-20-40-32(42-26)28-10-8-18-46(28)34(48)30(22(3)4)44-36(50)38-6/h11-12,14-15,19-22,27-30H,7-10,17-18H2,1-6H3,(H,39,41)(H,40,42)(H2,37,43,49)(H2,38,44,50)/t27-,28-,29-,30-/m0/s1. The lowest BCUT2D eigenvalue weighted by molar-refractivity contribution is -0.136. The molecule has 2 aliphatic heterocycles. The molecule has 1 aromatic carbocycles. The molecule has 2 aliphatic rings. The van der Waals surface area contributed by atoms with Crippen LogP contribution < -0.4 is 21.3 Å². The van der Waals surface area contributed by atoms with Crippen molar-refractivity contribution < 1.29 is 19.2 Å². The highest BCUT2D eigenvalue weighted by atomic mass is 16.2. The molecule has 0 unspecified atom stereocenters. The van der Waals surface area contributed by atoms with E-state index in [0.29, 0.717) is 24.6 Å². The number of hydrogen-bond acceptors (Lipinski definition) is 6. The van der Waals surface area contributed by atoms with E-state index >= 15 is 0 Å². The van der Waals surface area contributed by atoms with E-state index in [2.05, 4.69) is 53.0 Å². The summed E-state index contributed by atoms with van der Waals surface area (Å²) >= 11 is 0. The second-order valence-electron chi connectivity index (χ2n) is 13.5. The number of nitrogens with one attached hydrogen (secondary N) is 6. The highest BCUT2D eigenvalue weighted by Crippen LogP contribution is 2.33. The predicted octanol–water partition coefficient (Wildman–Crippen LogP) is 3.43. The van der Waals surface area contributed by atoms with Gasteiger partial charge in [0.15, 0.2) is 0 Å². The van der Waals surface area contributed by atoms with Crippen molar-refractivity contribution in [1.82, 2.24) is 51.0 Å². The van der Waals surface area contributed by atoms with Crippen LogP contribution in [0.1, 0.15) is 88.4 Å². The first kappa shape index (κ1) is 36.0. The van der Waals surface area contributed by atoms with Crippen molar-refractivity contribution in [3.05, 3.63) is 59.6 Å². The zero-order valence-corrected chi connectivity index (χ0v) is 29.6. The van der Waals surface area contributed by atoms with Gasteiger partial charge >= 0.3 is 12.1 Å². The maximum absolute atomic E-state index is 13.5. The first-order valence-corrected chi connectivity index (χ1v) is 17.3. The number of carbonyl (C=O) groups excluding carboxylic acids is 4. The average Bonchev–Trinajstić information content (AvgIpc) is 3.94. The Balaban J connectivity index is 1.23. The fourth-order valence-corrected chi connectivity index (χ4v) is 6.54. The third kappa shape index (κ3) is 8.10. The minimum absolute atomic E-state index is 0.0683. The van der Waals surface area contributed by atoms with Crippen LogP contribution in [0.4, 0.5) is 9.59 Å². The molecule has 2 saturated heterocycles. The summed E-state index contributed by atoms with van der Waals surface area (Å²) in [4.78, 5) is 70.4. The first-order valence-electron chi connectivity index (χ1n) is 17.3. The number of amides is 6. The van der Waals surface area contributed by atoms with Gasteiger partial charge in [0, 0.05) is 32.7 Å². The number of H-pyrrole nitrogens is 2. The second-order valence-corrected chi connectivity index (χ2v) is 13.5. The summed E-state index contributed by atoms with van der Waals surface area (Å²) in [7, 11) is 3.06. The van der Waals surface area contributed by atoms with Crippen LogP contribution in [0.3, 0.4) is 0 Å². The minimum atomic E-state index is -0.635. The Morgan fingerprint density at radius 1 is 0.740 bits per heavy atom. The van der Waals surface area contributed by atoms with Crippen molar-refractivity contribution in [2.75, 3.05) is 27.2 Å². The van der Waals surface area contributed by atoms with Gasteiger partial charge < -0.3 is 41.0 Å². The zero-order valence-electron chi connectivity index (χ0n) is 29.6. The lowest BCUT2D eigenvalue weighted by Crippen LogP contribution is -2.53. The second kappa shape index (κ2) is 15.9. The average molecular weight is 685 g/mol. The molecular formula is C36H48N10O4. The molecular weight excluding hydrogens is 636 g/mol. The summed E-state index contributed by atoms with van der Waals surface area (Å²) in [5.74, 6) is 7.36. The summed E-state index contributed by atoms with van der Waals surface area (Å²) in [6.45, 7) is 8.87. The van der Waals surface area contributed by atoms with Crippen LogP contribution >= 0.6 is 0 Å². The maximum Gasteiger partial charge on any atom is 0.315 e. The number of benzene rings is 1. The maximum atomic E-state index is 13.5. The molecule has 4 heterocycles. The van der Waals surface area contributed by atoms with E-state index in [1.807, 2.05) is 56.9 Å². The molecule has 6 amide bonds.